The Morgan fingerprint density at radius 1 is 1.10 bits per heavy atom. The van der Waals surface area contributed by atoms with Gasteiger partial charge >= 0.3 is 12.0 Å². The molecule has 0 bridgehead atoms. The predicted molar refractivity (Wildman–Crippen MR) is 109 cm³/mol. The van der Waals surface area contributed by atoms with Gasteiger partial charge in [-0.2, -0.15) is 0 Å². The number of hydrogen-bond acceptors (Lipinski definition) is 5. The molecule has 3 amide bonds. The second-order valence-electron chi connectivity index (χ2n) is 9.28. The standard InChI is InChI=1S/C22H31N3O4/c1-20(2,3)29-17(26)15-25-18(27)21(23-19(25)28)11-13-22(14-12-21,24(4)5)16-9-7-6-8-10-16/h6-10H,11-15H2,1-5H3,(H,23,28). The number of urea groups is 1. The fraction of sp³-hybridized carbons (Fsp3) is 0.591. The number of hydrogen-bond donors (Lipinski definition) is 1. The van der Waals surface area contributed by atoms with Gasteiger partial charge in [0.05, 0.1) is 0 Å². The molecule has 2 fully saturated rings. The van der Waals surface area contributed by atoms with E-state index >= 15 is 0 Å². The lowest BCUT2D eigenvalue weighted by molar-refractivity contribution is -0.157. The highest BCUT2D eigenvalue weighted by molar-refractivity contribution is 6.08. The predicted octanol–water partition coefficient (Wildman–Crippen LogP) is 2.65. The Bertz CT molecular complexity index is 790. The Kier molecular flexibility index (Phi) is 5.47. The van der Waals surface area contributed by atoms with Crippen molar-refractivity contribution in [3.05, 3.63) is 35.9 Å². The van der Waals surface area contributed by atoms with E-state index in [1.165, 1.54) is 5.56 Å². The van der Waals surface area contributed by atoms with E-state index in [4.69, 9.17) is 4.74 Å². The molecule has 1 saturated heterocycles. The molecule has 1 aromatic carbocycles. The first kappa shape index (κ1) is 21.3. The van der Waals surface area contributed by atoms with E-state index < -0.39 is 23.1 Å². The smallest absolute Gasteiger partial charge is 0.326 e. The summed E-state index contributed by atoms with van der Waals surface area (Å²) in [5.74, 6) is -0.908. The van der Waals surface area contributed by atoms with Crippen molar-refractivity contribution in [3.8, 4) is 0 Å². The van der Waals surface area contributed by atoms with Crippen molar-refractivity contribution < 1.29 is 19.1 Å². The van der Waals surface area contributed by atoms with Crippen molar-refractivity contribution in [2.24, 2.45) is 0 Å². The van der Waals surface area contributed by atoms with E-state index in [1.54, 1.807) is 20.8 Å². The maximum Gasteiger partial charge on any atom is 0.326 e. The average Bonchev–Trinajstić information content (AvgIpc) is 2.86. The van der Waals surface area contributed by atoms with Gasteiger partial charge in [0.2, 0.25) is 0 Å². The molecule has 7 heteroatoms. The van der Waals surface area contributed by atoms with Crippen LogP contribution in [0.2, 0.25) is 0 Å². The molecule has 0 radical (unpaired) electrons. The fourth-order valence-electron chi connectivity index (χ4n) is 4.49. The number of ether oxygens (including phenoxy) is 1. The van der Waals surface area contributed by atoms with Crippen molar-refractivity contribution in [1.82, 2.24) is 15.1 Å². The van der Waals surface area contributed by atoms with Gasteiger partial charge in [0.1, 0.15) is 17.7 Å². The monoisotopic (exact) mass is 401 g/mol. The highest BCUT2D eigenvalue weighted by Gasteiger charge is 2.56. The molecule has 1 heterocycles. The summed E-state index contributed by atoms with van der Waals surface area (Å²) in [6, 6.07) is 9.75. The van der Waals surface area contributed by atoms with Crippen molar-refractivity contribution in [2.45, 2.75) is 63.1 Å². The number of nitrogens with one attached hydrogen (secondary N) is 1. The summed E-state index contributed by atoms with van der Waals surface area (Å²) in [5, 5.41) is 2.88. The Balaban J connectivity index is 1.75. The molecule has 1 aliphatic heterocycles. The molecule has 158 valence electrons. The van der Waals surface area contributed by atoms with Crippen LogP contribution in [-0.2, 0) is 19.9 Å². The lowest BCUT2D eigenvalue weighted by Gasteiger charge is -2.48. The highest BCUT2D eigenvalue weighted by Crippen LogP contribution is 2.46. The first-order valence-electron chi connectivity index (χ1n) is 10.1. The Morgan fingerprint density at radius 3 is 2.21 bits per heavy atom. The van der Waals surface area contributed by atoms with Crippen LogP contribution in [0.5, 0.6) is 0 Å². The van der Waals surface area contributed by atoms with Gasteiger partial charge in [0.25, 0.3) is 5.91 Å². The Hall–Kier alpha value is -2.41. The van der Waals surface area contributed by atoms with Gasteiger partial charge in [0.15, 0.2) is 0 Å². The number of imide groups is 1. The lowest BCUT2D eigenvalue weighted by Crippen LogP contribution is -2.55. The van der Waals surface area contributed by atoms with Gasteiger partial charge in [-0.25, -0.2) is 4.79 Å². The summed E-state index contributed by atoms with van der Waals surface area (Å²) >= 11 is 0. The third-order valence-electron chi connectivity index (χ3n) is 6.05. The molecule has 0 aromatic heterocycles. The van der Waals surface area contributed by atoms with Crippen molar-refractivity contribution in [2.75, 3.05) is 20.6 Å². The highest BCUT2D eigenvalue weighted by atomic mass is 16.6. The number of amides is 3. The van der Waals surface area contributed by atoms with E-state index in [2.05, 4.69) is 36.4 Å². The zero-order valence-corrected chi connectivity index (χ0v) is 17.9. The number of carbonyl (C=O) groups excluding carboxylic acids is 3. The summed E-state index contributed by atoms with van der Waals surface area (Å²) in [6.45, 7) is 4.90. The van der Waals surface area contributed by atoms with Crippen LogP contribution in [0.25, 0.3) is 0 Å². The number of rotatable bonds is 4. The first-order chi connectivity index (χ1) is 13.5. The van der Waals surface area contributed by atoms with Crippen LogP contribution in [0.3, 0.4) is 0 Å². The van der Waals surface area contributed by atoms with Gasteiger partial charge in [0, 0.05) is 5.54 Å². The topological polar surface area (TPSA) is 79.0 Å². The van der Waals surface area contributed by atoms with E-state index in [1.807, 2.05) is 18.2 Å². The molecule has 7 nitrogen and oxygen atoms in total. The third-order valence-corrected chi connectivity index (χ3v) is 6.05. The van der Waals surface area contributed by atoms with Crippen molar-refractivity contribution >= 4 is 17.9 Å². The van der Waals surface area contributed by atoms with Crippen LogP contribution in [0.1, 0.15) is 52.0 Å². The van der Waals surface area contributed by atoms with E-state index in [-0.39, 0.29) is 18.0 Å². The van der Waals surface area contributed by atoms with Crippen LogP contribution < -0.4 is 5.32 Å². The summed E-state index contributed by atoms with van der Waals surface area (Å²) < 4.78 is 5.27. The van der Waals surface area contributed by atoms with Gasteiger partial charge < -0.3 is 10.1 Å². The zero-order valence-electron chi connectivity index (χ0n) is 17.9. The maximum absolute atomic E-state index is 13.1. The summed E-state index contributed by atoms with van der Waals surface area (Å²) in [7, 11) is 4.10. The number of esters is 1. The van der Waals surface area contributed by atoms with Crippen LogP contribution >= 0.6 is 0 Å². The SMILES string of the molecule is CN(C)C1(c2ccccc2)CCC2(CC1)NC(=O)N(CC(=O)OC(C)(C)C)C2=O. The van der Waals surface area contributed by atoms with E-state index in [9.17, 15) is 14.4 Å². The second kappa shape index (κ2) is 7.44. The molecule has 0 atom stereocenters. The minimum atomic E-state index is -0.937. The molecule has 1 aliphatic carbocycles. The average molecular weight is 402 g/mol. The van der Waals surface area contributed by atoms with Gasteiger partial charge in [-0.05, 0) is 66.1 Å². The zero-order chi connectivity index (χ0) is 21.4. The van der Waals surface area contributed by atoms with Crippen LogP contribution in [-0.4, -0.2) is 59.5 Å². The number of benzene rings is 1. The van der Waals surface area contributed by atoms with E-state index in [0.717, 1.165) is 17.7 Å². The molecular formula is C22H31N3O4. The molecule has 1 spiro atoms. The number of nitrogens with zero attached hydrogens (tertiary/aromatic N) is 2. The van der Waals surface area contributed by atoms with Crippen LogP contribution in [0.4, 0.5) is 4.79 Å². The normalized spacial score (nSPS) is 27.4. The molecule has 1 N–H and O–H groups in total. The fourth-order valence-corrected chi connectivity index (χ4v) is 4.49. The minimum Gasteiger partial charge on any atom is -0.459 e. The molecule has 0 unspecified atom stereocenters. The summed E-state index contributed by atoms with van der Waals surface area (Å²) in [5.41, 5.74) is -0.578. The molecule has 1 saturated carbocycles. The second-order valence-corrected chi connectivity index (χ2v) is 9.28. The lowest BCUT2D eigenvalue weighted by atomic mass is 9.68. The molecule has 1 aromatic rings. The molecule has 3 rings (SSSR count). The van der Waals surface area contributed by atoms with Crippen LogP contribution in [0, 0.1) is 0 Å². The van der Waals surface area contributed by atoms with Gasteiger partial charge in [-0.15, -0.1) is 0 Å². The van der Waals surface area contributed by atoms with E-state index in [0.29, 0.717) is 12.8 Å². The number of carbonyl (C=O) groups is 3. The van der Waals surface area contributed by atoms with Gasteiger partial charge in [-0.3, -0.25) is 19.4 Å². The molecule has 2 aliphatic rings. The van der Waals surface area contributed by atoms with Crippen LogP contribution in [0.15, 0.2) is 30.3 Å². The largest absolute Gasteiger partial charge is 0.459 e. The molecule has 29 heavy (non-hydrogen) atoms. The van der Waals surface area contributed by atoms with Gasteiger partial charge in [-0.1, -0.05) is 30.3 Å². The summed E-state index contributed by atoms with van der Waals surface area (Å²) in [4.78, 5) is 41.0. The third kappa shape index (κ3) is 4.01. The van der Waals surface area contributed by atoms with Crippen molar-refractivity contribution in [3.63, 3.8) is 0 Å². The Labute approximate surface area is 172 Å². The Morgan fingerprint density at radius 2 is 1.69 bits per heavy atom. The maximum atomic E-state index is 13.1. The molecular weight excluding hydrogens is 370 g/mol. The minimum absolute atomic E-state index is 0.184. The van der Waals surface area contributed by atoms with Crippen molar-refractivity contribution in [1.29, 1.82) is 0 Å². The first-order valence-corrected chi connectivity index (χ1v) is 10.1. The summed E-state index contributed by atoms with van der Waals surface area (Å²) in [6.07, 6.45) is 2.51. The quantitative estimate of drug-likeness (QED) is 0.620.